The molecule has 2 saturated carbocycles. The molecule has 1 saturated heterocycles. The van der Waals surface area contributed by atoms with Crippen LogP contribution in [-0.4, -0.2) is 43.0 Å². The first-order valence-corrected chi connectivity index (χ1v) is 9.25. The SMILES string of the molecule is CC(C)(CO)CCCNC(=O)NC1C2CCOC2C12CCCC2. The summed E-state index contributed by atoms with van der Waals surface area (Å²) in [7, 11) is 0. The van der Waals surface area contributed by atoms with Gasteiger partial charge in [0.15, 0.2) is 0 Å². The van der Waals surface area contributed by atoms with Gasteiger partial charge in [-0.15, -0.1) is 0 Å². The fraction of sp³-hybridized carbons (Fsp3) is 0.944. The van der Waals surface area contributed by atoms with Crippen LogP contribution >= 0.6 is 0 Å². The van der Waals surface area contributed by atoms with Gasteiger partial charge < -0.3 is 20.5 Å². The number of carbonyl (C=O) groups is 1. The summed E-state index contributed by atoms with van der Waals surface area (Å²) in [6.07, 6.45) is 8.21. The quantitative estimate of drug-likeness (QED) is 0.657. The maximum absolute atomic E-state index is 12.3. The number of aliphatic hydroxyl groups is 1. The number of urea groups is 1. The molecule has 3 aliphatic rings. The summed E-state index contributed by atoms with van der Waals surface area (Å²) in [6.45, 7) is 5.80. The maximum atomic E-state index is 12.3. The largest absolute Gasteiger partial charge is 0.396 e. The van der Waals surface area contributed by atoms with Gasteiger partial charge in [0, 0.05) is 37.1 Å². The van der Waals surface area contributed by atoms with E-state index < -0.39 is 0 Å². The number of amides is 2. The molecule has 3 fully saturated rings. The topological polar surface area (TPSA) is 70.6 Å². The van der Waals surface area contributed by atoms with E-state index in [0.717, 1.165) is 25.9 Å². The number of aliphatic hydroxyl groups excluding tert-OH is 1. The molecule has 2 amide bonds. The number of fused-ring (bicyclic) bond motifs is 2. The first-order chi connectivity index (χ1) is 11.0. The minimum absolute atomic E-state index is 0.0339. The summed E-state index contributed by atoms with van der Waals surface area (Å²) in [5.74, 6) is 0.521. The summed E-state index contributed by atoms with van der Waals surface area (Å²) in [5.41, 5.74) is 0.159. The average molecular weight is 324 g/mol. The Hall–Kier alpha value is -0.810. The zero-order valence-corrected chi connectivity index (χ0v) is 14.6. The minimum Gasteiger partial charge on any atom is -0.396 e. The average Bonchev–Trinajstić information content (AvgIpc) is 3.17. The van der Waals surface area contributed by atoms with Crippen molar-refractivity contribution in [1.82, 2.24) is 10.6 Å². The summed E-state index contributed by atoms with van der Waals surface area (Å²) in [4.78, 5) is 12.3. The highest BCUT2D eigenvalue weighted by Crippen LogP contribution is 2.60. The molecule has 3 N–H and O–H groups in total. The molecule has 3 unspecified atom stereocenters. The van der Waals surface area contributed by atoms with Gasteiger partial charge in [0.25, 0.3) is 0 Å². The van der Waals surface area contributed by atoms with Crippen molar-refractivity contribution < 1.29 is 14.6 Å². The third-order valence-electron chi connectivity index (χ3n) is 6.32. The van der Waals surface area contributed by atoms with E-state index >= 15 is 0 Å². The molecule has 3 atom stereocenters. The lowest BCUT2D eigenvalue weighted by Crippen LogP contribution is -2.69. The van der Waals surface area contributed by atoms with E-state index in [9.17, 15) is 9.90 Å². The standard InChI is InChI=1S/C18H32N2O3/c1-17(2,12-21)7-5-10-19-16(22)20-14-13-6-11-23-15(13)18(14)8-3-4-9-18/h13-15,21H,3-12H2,1-2H3,(H2,19,20,22). The van der Waals surface area contributed by atoms with Crippen molar-refractivity contribution >= 4 is 6.03 Å². The van der Waals surface area contributed by atoms with Gasteiger partial charge in [-0.3, -0.25) is 0 Å². The van der Waals surface area contributed by atoms with Crippen LogP contribution in [0.1, 0.15) is 58.8 Å². The molecule has 0 aromatic heterocycles. The van der Waals surface area contributed by atoms with Crippen LogP contribution in [-0.2, 0) is 4.74 Å². The van der Waals surface area contributed by atoms with Crippen molar-refractivity contribution in [2.24, 2.45) is 16.7 Å². The van der Waals surface area contributed by atoms with Crippen molar-refractivity contribution in [3.63, 3.8) is 0 Å². The van der Waals surface area contributed by atoms with Gasteiger partial charge in [0.2, 0.25) is 0 Å². The first kappa shape index (κ1) is 17.0. The van der Waals surface area contributed by atoms with Gasteiger partial charge in [-0.1, -0.05) is 26.7 Å². The fourth-order valence-electron chi connectivity index (χ4n) is 4.94. The second kappa shape index (κ2) is 6.60. The maximum Gasteiger partial charge on any atom is 0.315 e. The Labute approximate surface area is 139 Å². The molecule has 23 heavy (non-hydrogen) atoms. The number of nitrogens with one attached hydrogen (secondary N) is 2. The molecule has 2 aliphatic carbocycles. The zero-order valence-electron chi connectivity index (χ0n) is 14.6. The fourth-order valence-corrected chi connectivity index (χ4v) is 4.94. The molecule has 1 spiro atoms. The lowest BCUT2D eigenvalue weighted by molar-refractivity contribution is -0.126. The van der Waals surface area contributed by atoms with E-state index in [-0.39, 0.29) is 23.5 Å². The van der Waals surface area contributed by atoms with Crippen molar-refractivity contribution in [1.29, 1.82) is 0 Å². The van der Waals surface area contributed by atoms with Crippen LogP contribution in [0.3, 0.4) is 0 Å². The molecule has 0 aromatic carbocycles. The van der Waals surface area contributed by atoms with Gasteiger partial charge >= 0.3 is 6.03 Å². The number of hydrogen-bond donors (Lipinski definition) is 3. The Morgan fingerprint density at radius 2 is 2.09 bits per heavy atom. The molecule has 1 aliphatic heterocycles. The Kier molecular flexibility index (Phi) is 4.88. The normalized spacial score (nSPS) is 31.7. The Bertz CT molecular complexity index is 432. The second-order valence-corrected chi connectivity index (χ2v) is 8.49. The monoisotopic (exact) mass is 324 g/mol. The molecular weight excluding hydrogens is 292 g/mol. The highest BCUT2D eigenvalue weighted by atomic mass is 16.5. The molecule has 0 bridgehead atoms. The lowest BCUT2D eigenvalue weighted by Gasteiger charge is -2.56. The highest BCUT2D eigenvalue weighted by Gasteiger charge is 2.65. The number of rotatable bonds is 6. The summed E-state index contributed by atoms with van der Waals surface area (Å²) >= 11 is 0. The van der Waals surface area contributed by atoms with E-state index in [2.05, 4.69) is 10.6 Å². The highest BCUT2D eigenvalue weighted by molar-refractivity contribution is 5.74. The van der Waals surface area contributed by atoms with E-state index in [0.29, 0.717) is 24.6 Å². The molecule has 1 heterocycles. The van der Waals surface area contributed by atoms with Crippen LogP contribution in [0.25, 0.3) is 0 Å². The molecular formula is C18H32N2O3. The molecule has 0 radical (unpaired) electrons. The smallest absolute Gasteiger partial charge is 0.315 e. The van der Waals surface area contributed by atoms with Crippen LogP contribution in [0.5, 0.6) is 0 Å². The molecule has 0 aromatic rings. The van der Waals surface area contributed by atoms with Crippen molar-refractivity contribution in [2.45, 2.75) is 70.9 Å². The van der Waals surface area contributed by atoms with Gasteiger partial charge in [0.05, 0.1) is 6.10 Å². The predicted octanol–water partition coefficient (Wildman–Crippen LogP) is 2.43. The van der Waals surface area contributed by atoms with E-state index in [1.165, 1.54) is 25.7 Å². The summed E-state index contributed by atoms with van der Waals surface area (Å²) in [5, 5.41) is 15.5. The number of hydrogen-bond acceptors (Lipinski definition) is 3. The molecule has 3 rings (SSSR count). The zero-order chi connectivity index (χ0) is 16.5. The van der Waals surface area contributed by atoms with Crippen LogP contribution in [0, 0.1) is 16.7 Å². The predicted molar refractivity (Wildman–Crippen MR) is 89.2 cm³/mol. The van der Waals surface area contributed by atoms with Crippen LogP contribution in [0.2, 0.25) is 0 Å². The van der Waals surface area contributed by atoms with Gasteiger partial charge in [-0.25, -0.2) is 4.79 Å². The third-order valence-corrected chi connectivity index (χ3v) is 6.32. The van der Waals surface area contributed by atoms with E-state index in [1.807, 2.05) is 13.8 Å². The Morgan fingerprint density at radius 1 is 1.35 bits per heavy atom. The third kappa shape index (κ3) is 3.22. The Balaban J connectivity index is 1.44. The number of ether oxygens (including phenoxy) is 1. The van der Waals surface area contributed by atoms with E-state index in [4.69, 9.17) is 4.74 Å². The van der Waals surface area contributed by atoms with E-state index in [1.54, 1.807) is 0 Å². The van der Waals surface area contributed by atoms with Crippen LogP contribution < -0.4 is 10.6 Å². The molecule has 5 nitrogen and oxygen atoms in total. The summed E-state index contributed by atoms with van der Waals surface area (Å²) < 4.78 is 5.95. The summed E-state index contributed by atoms with van der Waals surface area (Å²) in [6, 6.07) is 0.264. The van der Waals surface area contributed by atoms with Crippen molar-refractivity contribution in [3.8, 4) is 0 Å². The van der Waals surface area contributed by atoms with Gasteiger partial charge in [-0.2, -0.15) is 0 Å². The van der Waals surface area contributed by atoms with Crippen LogP contribution in [0.4, 0.5) is 4.79 Å². The molecule has 132 valence electrons. The minimum atomic E-state index is -0.0611. The Morgan fingerprint density at radius 3 is 2.78 bits per heavy atom. The van der Waals surface area contributed by atoms with Crippen molar-refractivity contribution in [3.05, 3.63) is 0 Å². The van der Waals surface area contributed by atoms with Crippen molar-refractivity contribution in [2.75, 3.05) is 19.8 Å². The van der Waals surface area contributed by atoms with Gasteiger partial charge in [0.1, 0.15) is 0 Å². The van der Waals surface area contributed by atoms with Crippen LogP contribution in [0.15, 0.2) is 0 Å². The number of carbonyl (C=O) groups excluding carboxylic acids is 1. The first-order valence-electron chi connectivity index (χ1n) is 9.25. The lowest BCUT2D eigenvalue weighted by atomic mass is 9.54. The molecule has 5 heteroatoms. The second-order valence-electron chi connectivity index (χ2n) is 8.49. The van der Waals surface area contributed by atoms with Gasteiger partial charge in [-0.05, 0) is 37.5 Å².